The van der Waals surface area contributed by atoms with Gasteiger partial charge in [-0.1, -0.05) is 37.5 Å². The van der Waals surface area contributed by atoms with Gasteiger partial charge in [0.15, 0.2) is 0 Å². The fourth-order valence-corrected chi connectivity index (χ4v) is 9.10. The molecule has 1 atom stereocenters. The zero-order valence-corrected chi connectivity index (χ0v) is 25.6. The first-order valence-electron chi connectivity index (χ1n) is 14.6. The van der Waals surface area contributed by atoms with Gasteiger partial charge in [0, 0.05) is 41.8 Å². The van der Waals surface area contributed by atoms with Crippen LogP contribution in [0.3, 0.4) is 0 Å². The Morgan fingerprint density at radius 3 is 2.37 bits per heavy atom. The van der Waals surface area contributed by atoms with Gasteiger partial charge in [0.1, 0.15) is 15.5 Å². The van der Waals surface area contributed by atoms with Crippen molar-refractivity contribution in [2.45, 2.75) is 75.3 Å². The van der Waals surface area contributed by atoms with E-state index in [1.54, 1.807) is 17.4 Å². The van der Waals surface area contributed by atoms with Gasteiger partial charge in [-0.25, -0.2) is 13.2 Å². The summed E-state index contributed by atoms with van der Waals surface area (Å²) in [5.74, 6) is 0.561. The number of hydrogen-bond acceptors (Lipinski definition) is 7. The van der Waals surface area contributed by atoms with Crippen molar-refractivity contribution in [1.82, 2.24) is 4.31 Å². The highest BCUT2D eigenvalue weighted by Gasteiger charge is 2.41. The number of benzene rings is 2. The van der Waals surface area contributed by atoms with E-state index in [9.17, 15) is 13.2 Å². The highest BCUT2D eigenvalue weighted by atomic mass is 32.2. The Labute approximate surface area is 247 Å². The molecule has 2 aliphatic carbocycles. The van der Waals surface area contributed by atoms with Crippen LogP contribution in [-0.4, -0.2) is 51.5 Å². The van der Waals surface area contributed by atoms with Gasteiger partial charge < -0.3 is 14.4 Å². The number of sulfonamides is 1. The fraction of sp³-hybridized carbons (Fsp3) is 0.469. The normalized spacial score (nSPS) is 21.5. The Balaban J connectivity index is 1.55. The zero-order valence-electron chi connectivity index (χ0n) is 24.0. The number of aryl methyl sites for hydroxylation is 1. The summed E-state index contributed by atoms with van der Waals surface area (Å²) in [5.41, 5.74) is 3.09. The number of methoxy groups -OCH3 is 1. The van der Waals surface area contributed by atoms with Crippen LogP contribution in [0.1, 0.15) is 66.6 Å². The molecule has 6 rings (SSSR count). The van der Waals surface area contributed by atoms with Gasteiger partial charge in [-0.2, -0.15) is 4.31 Å². The molecule has 9 heteroatoms. The van der Waals surface area contributed by atoms with Crippen LogP contribution in [0, 0.1) is 12.8 Å². The quantitative estimate of drug-likeness (QED) is 0.282. The van der Waals surface area contributed by atoms with Crippen LogP contribution in [0.25, 0.3) is 10.4 Å². The molecule has 2 heterocycles. The first-order chi connectivity index (χ1) is 19.8. The molecule has 41 heavy (non-hydrogen) atoms. The molecule has 0 N–H and O–H groups in total. The lowest BCUT2D eigenvalue weighted by Crippen LogP contribution is -2.46. The maximum absolute atomic E-state index is 14.5. The molecule has 0 spiro atoms. The molecule has 0 radical (unpaired) electrons. The number of rotatable bonds is 6. The van der Waals surface area contributed by atoms with Crippen molar-refractivity contribution in [3.8, 4) is 16.2 Å². The molecule has 0 unspecified atom stereocenters. The number of carbonyl (C=O) groups is 1. The molecule has 2 fully saturated rings. The van der Waals surface area contributed by atoms with Crippen LogP contribution in [0.5, 0.6) is 5.75 Å². The summed E-state index contributed by atoms with van der Waals surface area (Å²) in [6.07, 6.45) is 8.72. The Kier molecular flexibility index (Phi) is 7.87. The fourth-order valence-electron chi connectivity index (χ4n) is 6.39. The second kappa shape index (κ2) is 11.4. The highest BCUT2D eigenvalue weighted by molar-refractivity contribution is 7.89. The zero-order chi connectivity index (χ0) is 28.7. The molecule has 1 aromatic heterocycles. The molecule has 7 nitrogen and oxygen atoms in total. The summed E-state index contributed by atoms with van der Waals surface area (Å²) in [5, 5.41) is 0. The minimum atomic E-state index is -3.84. The molecule has 0 bridgehead atoms. The van der Waals surface area contributed by atoms with Crippen LogP contribution in [0.4, 0.5) is 11.4 Å². The summed E-state index contributed by atoms with van der Waals surface area (Å²) >= 11 is 1.31. The number of fused-ring (bicyclic) bond motifs is 1. The van der Waals surface area contributed by atoms with E-state index >= 15 is 0 Å². The van der Waals surface area contributed by atoms with E-state index in [0.717, 1.165) is 61.1 Å². The lowest BCUT2D eigenvalue weighted by atomic mass is 9.83. The molecule has 2 aromatic carbocycles. The van der Waals surface area contributed by atoms with Crippen molar-refractivity contribution in [2.24, 2.45) is 5.92 Å². The largest absolute Gasteiger partial charge is 0.490 e. The molecule has 0 saturated heterocycles. The van der Waals surface area contributed by atoms with Crippen molar-refractivity contribution in [2.75, 3.05) is 25.6 Å². The number of anilines is 2. The number of hydrogen-bond donors (Lipinski definition) is 0. The first-order valence-corrected chi connectivity index (χ1v) is 16.9. The highest BCUT2D eigenvalue weighted by Crippen LogP contribution is 2.48. The minimum absolute atomic E-state index is 0.0955. The SMILES string of the molecule is COC(=O)c1sc(-c2cc3c(cc2OC2CCC2)N(c2ccccc2)C[C@@H](C2CCCCC2)N(C)S3(=O)=O)cc1C. The molecule has 3 aromatic rings. The van der Waals surface area contributed by atoms with Crippen molar-refractivity contribution in [3.05, 3.63) is 59.0 Å². The van der Waals surface area contributed by atoms with Crippen LogP contribution in [-0.2, 0) is 14.8 Å². The maximum Gasteiger partial charge on any atom is 0.348 e. The monoisotopic (exact) mass is 594 g/mol. The molecule has 1 aliphatic heterocycles. The van der Waals surface area contributed by atoms with Crippen molar-refractivity contribution >= 4 is 38.7 Å². The number of carbonyl (C=O) groups excluding carboxylic acids is 1. The summed E-state index contributed by atoms with van der Waals surface area (Å²) < 4.78 is 42.1. The number of thiophene rings is 1. The third kappa shape index (κ3) is 5.28. The first kappa shape index (κ1) is 28.2. The van der Waals surface area contributed by atoms with Gasteiger partial charge in [0.05, 0.1) is 18.9 Å². The lowest BCUT2D eigenvalue weighted by Gasteiger charge is -2.37. The third-order valence-electron chi connectivity index (χ3n) is 9.01. The van der Waals surface area contributed by atoms with Crippen molar-refractivity contribution in [3.63, 3.8) is 0 Å². The Bertz CT molecular complexity index is 1520. The van der Waals surface area contributed by atoms with Gasteiger partial charge >= 0.3 is 5.97 Å². The Hall–Kier alpha value is -2.88. The second-order valence-electron chi connectivity index (χ2n) is 11.5. The smallest absolute Gasteiger partial charge is 0.348 e. The molecule has 218 valence electrons. The average Bonchev–Trinajstić information content (AvgIpc) is 3.33. The Morgan fingerprint density at radius 1 is 0.976 bits per heavy atom. The summed E-state index contributed by atoms with van der Waals surface area (Å²) in [6, 6.07) is 15.6. The molecule has 3 aliphatic rings. The summed E-state index contributed by atoms with van der Waals surface area (Å²) in [4.78, 5) is 16.2. The summed E-state index contributed by atoms with van der Waals surface area (Å²) in [6.45, 7) is 2.45. The van der Waals surface area contributed by atoms with Crippen molar-refractivity contribution in [1.29, 1.82) is 0 Å². The number of para-hydroxylation sites is 1. The van der Waals surface area contributed by atoms with Gasteiger partial charge in [0.25, 0.3) is 0 Å². The van der Waals surface area contributed by atoms with Gasteiger partial charge in [0.2, 0.25) is 10.0 Å². The molecular formula is C32H38N2O5S2. The number of nitrogens with zero attached hydrogens (tertiary/aromatic N) is 2. The lowest BCUT2D eigenvalue weighted by molar-refractivity contribution is 0.0605. The van der Waals surface area contributed by atoms with Crippen LogP contribution >= 0.6 is 11.3 Å². The van der Waals surface area contributed by atoms with E-state index in [0.29, 0.717) is 34.3 Å². The van der Waals surface area contributed by atoms with Gasteiger partial charge in [-0.15, -0.1) is 11.3 Å². The average molecular weight is 595 g/mol. The van der Waals surface area contributed by atoms with Crippen LogP contribution in [0.2, 0.25) is 0 Å². The van der Waals surface area contributed by atoms with Gasteiger partial charge in [-0.05, 0) is 74.8 Å². The van der Waals surface area contributed by atoms with Crippen LogP contribution < -0.4 is 9.64 Å². The van der Waals surface area contributed by atoms with E-state index in [4.69, 9.17) is 9.47 Å². The van der Waals surface area contributed by atoms with E-state index in [2.05, 4.69) is 4.90 Å². The topological polar surface area (TPSA) is 76.2 Å². The van der Waals surface area contributed by atoms with E-state index in [1.807, 2.05) is 49.4 Å². The van der Waals surface area contributed by atoms with Crippen LogP contribution in [0.15, 0.2) is 53.4 Å². The molecule has 0 amide bonds. The van der Waals surface area contributed by atoms with E-state index in [-0.39, 0.29) is 17.0 Å². The maximum atomic E-state index is 14.5. The summed E-state index contributed by atoms with van der Waals surface area (Å²) in [7, 11) is -0.720. The second-order valence-corrected chi connectivity index (χ2v) is 14.6. The minimum Gasteiger partial charge on any atom is -0.490 e. The molecule has 2 saturated carbocycles. The Morgan fingerprint density at radius 2 is 1.71 bits per heavy atom. The third-order valence-corrected chi connectivity index (χ3v) is 12.2. The van der Waals surface area contributed by atoms with Gasteiger partial charge in [-0.3, -0.25) is 0 Å². The number of likely N-dealkylation sites (N-methyl/N-ethyl adjacent to an activating group) is 1. The van der Waals surface area contributed by atoms with Crippen molar-refractivity contribution < 1.29 is 22.7 Å². The van der Waals surface area contributed by atoms with E-state index < -0.39 is 16.0 Å². The molecular weight excluding hydrogens is 556 g/mol. The van der Waals surface area contributed by atoms with E-state index in [1.165, 1.54) is 24.9 Å². The standard InChI is InChI=1S/C32H38N2O5S2/c1-21-17-29(40-31(21)32(35)38-3)25-18-30-26(19-28(25)39-24-15-10-16-24)34(23-13-8-5-9-14-23)20-27(33(2)41(30,36)37)22-11-6-4-7-12-22/h5,8-9,13-14,17-19,22,24,27H,4,6-7,10-12,15-16,20H2,1-3H3/t27-/m0/s1. The number of esters is 1. The predicted molar refractivity (Wildman–Crippen MR) is 163 cm³/mol. The predicted octanol–water partition coefficient (Wildman–Crippen LogP) is 7.16. The number of ether oxygens (including phenoxy) is 2.